The van der Waals surface area contributed by atoms with Crippen LogP contribution in [0.25, 0.3) is 0 Å². The van der Waals surface area contributed by atoms with E-state index >= 15 is 0 Å². The predicted molar refractivity (Wildman–Crippen MR) is 109 cm³/mol. The van der Waals surface area contributed by atoms with Crippen molar-refractivity contribution in [3.63, 3.8) is 0 Å². The summed E-state index contributed by atoms with van der Waals surface area (Å²) >= 11 is 0. The monoisotopic (exact) mass is 451 g/mol. The fourth-order valence-electron chi connectivity index (χ4n) is 4.01. The molecular formula is C17H34IN5O. The van der Waals surface area contributed by atoms with Crippen molar-refractivity contribution in [1.29, 1.82) is 0 Å². The molecule has 3 heterocycles. The van der Waals surface area contributed by atoms with Crippen molar-refractivity contribution in [1.82, 2.24) is 20.0 Å². The molecule has 0 saturated carbocycles. The van der Waals surface area contributed by atoms with Gasteiger partial charge in [-0.25, -0.2) is 0 Å². The van der Waals surface area contributed by atoms with Crippen LogP contribution in [0.3, 0.4) is 0 Å². The highest BCUT2D eigenvalue weighted by molar-refractivity contribution is 14.0. The maximum atomic E-state index is 5.49. The smallest absolute Gasteiger partial charge is 0.193 e. The van der Waals surface area contributed by atoms with Gasteiger partial charge in [-0.15, -0.1) is 24.0 Å². The number of hydrogen-bond acceptors (Lipinski definition) is 4. The molecule has 3 aliphatic rings. The summed E-state index contributed by atoms with van der Waals surface area (Å²) in [5, 5.41) is 3.60. The second-order valence-corrected chi connectivity index (χ2v) is 7.22. The van der Waals surface area contributed by atoms with Gasteiger partial charge in [-0.1, -0.05) is 0 Å². The van der Waals surface area contributed by atoms with Gasteiger partial charge in [-0.05, 0) is 38.8 Å². The Bertz CT molecular complexity index is 394. The molecule has 0 aromatic heterocycles. The molecule has 0 spiro atoms. The molecule has 0 bridgehead atoms. The summed E-state index contributed by atoms with van der Waals surface area (Å²) in [6, 6.07) is 0.662. The summed E-state index contributed by atoms with van der Waals surface area (Å²) in [5.41, 5.74) is 0. The van der Waals surface area contributed by atoms with Gasteiger partial charge in [0.2, 0.25) is 0 Å². The Morgan fingerprint density at radius 2 is 1.96 bits per heavy atom. The van der Waals surface area contributed by atoms with E-state index in [1.54, 1.807) is 0 Å². The topological polar surface area (TPSA) is 43.3 Å². The third kappa shape index (κ3) is 5.44. The van der Waals surface area contributed by atoms with Gasteiger partial charge >= 0.3 is 0 Å². The third-order valence-corrected chi connectivity index (χ3v) is 5.59. The van der Waals surface area contributed by atoms with E-state index in [1.165, 1.54) is 32.4 Å². The average molecular weight is 451 g/mol. The minimum Gasteiger partial charge on any atom is -0.381 e. The van der Waals surface area contributed by atoms with Gasteiger partial charge < -0.3 is 19.9 Å². The number of nitrogens with zero attached hydrogens (tertiary/aromatic N) is 4. The molecule has 7 heteroatoms. The van der Waals surface area contributed by atoms with E-state index in [-0.39, 0.29) is 24.0 Å². The highest BCUT2D eigenvalue weighted by atomic mass is 127. The first-order valence-electron chi connectivity index (χ1n) is 9.22. The van der Waals surface area contributed by atoms with Crippen molar-refractivity contribution < 1.29 is 4.74 Å². The van der Waals surface area contributed by atoms with Gasteiger partial charge in [0.1, 0.15) is 0 Å². The molecule has 0 aliphatic carbocycles. The van der Waals surface area contributed by atoms with Crippen LogP contribution in [0.15, 0.2) is 4.99 Å². The Balaban J connectivity index is 0.00000208. The minimum absolute atomic E-state index is 0. The van der Waals surface area contributed by atoms with Crippen LogP contribution in [0.2, 0.25) is 0 Å². The molecule has 2 atom stereocenters. The molecule has 2 unspecified atom stereocenters. The molecule has 6 nitrogen and oxygen atoms in total. The number of rotatable bonds is 4. The van der Waals surface area contributed by atoms with Crippen LogP contribution in [-0.2, 0) is 4.74 Å². The van der Waals surface area contributed by atoms with E-state index in [2.05, 4.69) is 32.1 Å². The van der Waals surface area contributed by atoms with Crippen LogP contribution >= 0.6 is 24.0 Å². The van der Waals surface area contributed by atoms with E-state index < -0.39 is 0 Å². The molecule has 0 aromatic carbocycles. The average Bonchev–Trinajstić information content (AvgIpc) is 3.21. The van der Waals surface area contributed by atoms with Gasteiger partial charge in [0.05, 0.1) is 6.61 Å². The second kappa shape index (κ2) is 10.1. The van der Waals surface area contributed by atoms with Crippen LogP contribution in [0.1, 0.15) is 19.3 Å². The van der Waals surface area contributed by atoms with Crippen LogP contribution in [0.5, 0.6) is 0 Å². The second-order valence-electron chi connectivity index (χ2n) is 7.22. The van der Waals surface area contributed by atoms with Crippen LogP contribution in [-0.4, -0.2) is 99.8 Å². The molecule has 0 radical (unpaired) electrons. The number of hydrogen-bond donors (Lipinski definition) is 1. The SMILES string of the molecule is CN=C(NCC1CCCN1C)N1CCN(CC2CCOC2)CC1.I. The van der Waals surface area contributed by atoms with E-state index in [9.17, 15) is 0 Å². The van der Waals surface area contributed by atoms with E-state index in [1.807, 2.05) is 7.05 Å². The maximum absolute atomic E-state index is 5.49. The van der Waals surface area contributed by atoms with E-state index in [0.717, 1.165) is 57.8 Å². The molecule has 3 fully saturated rings. The highest BCUT2D eigenvalue weighted by Crippen LogP contribution is 2.16. The van der Waals surface area contributed by atoms with Crippen molar-refractivity contribution in [3.05, 3.63) is 0 Å². The first kappa shape index (κ1) is 20.2. The number of piperazine rings is 1. The predicted octanol–water partition coefficient (Wildman–Crippen LogP) is 0.928. The minimum atomic E-state index is 0. The number of aliphatic imine (C=N–C) groups is 1. The van der Waals surface area contributed by atoms with Crippen molar-refractivity contribution in [2.75, 3.05) is 73.1 Å². The Hall–Kier alpha value is -0.120. The molecular weight excluding hydrogens is 417 g/mol. The molecule has 3 rings (SSSR count). The van der Waals surface area contributed by atoms with Gasteiger partial charge in [-0.2, -0.15) is 0 Å². The Morgan fingerprint density at radius 1 is 1.17 bits per heavy atom. The van der Waals surface area contributed by atoms with Gasteiger partial charge in [0.25, 0.3) is 0 Å². The molecule has 1 N–H and O–H groups in total. The normalized spacial score (nSPS) is 29.8. The summed E-state index contributed by atoms with van der Waals surface area (Å²) in [4.78, 5) is 12.0. The molecule has 3 aliphatic heterocycles. The number of nitrogens with one attached hydrogen (secondary N) is 1. The lowest BCUT2D eigenvalue weighted by Gasteiger charge is -2.37. The summed E-state index contributed by atoms with van der Waals surface area (Å²) < 4.78 is 5.49. The number of ether oxygens (including phenoxy) is 1. The first-order valence-corrected chi connectivity index (χ1v) is 9.22. The maximum Gasteiger partial charge on any atom is 0.193 e. The largest absolute Gasteiger partial charge is 0.381 e. The third-order valence-electron chi connectivity index (χ3n) is 5.59. The van der Waals surface area contributed by atoms with Gasteiger partial charge in [-0.3, -0.25) is 9.89 Å². The lowest BCUT2D eigenvalue weighted by molar-refractivity contribution is 0.139. The van der Waals surface area contributed by atoms with Crippen LogP contribution < -0.4 is 5.32 Å². The van der Waals surface area contributed by atoms with Crippen molar-refractivity contribution in [3.8, 4) is 0 Å². The number of halogens is 1. The summed E-state index contributed by atoms with van der Waals surface area (Å²) in [5.74, 6) is 1.83. The fourth-order valence-corrected chi connectivity index (χ4v) is 4.01. The first-order chi connectivity index (χ1) is 11.3. The Morgan fingerprint density at radius 3 is 2.54 bits per heavy atom. The quantitative estimate of drug-likeness (QED) is 0.392. The lowest BCUT2D eigenvalue weighted by atomic mass is 10.1. The van der Waals surface area contributed by atoms with E-state index in [0.29, 0.717) is 6.04 Å². The molecule has 24 heavy (non-hydrogen) atoms. The molecule has 140 valence electrons. The van der Waals surface area contributed by atoms with Crippen molar-refractivity contribution in [2.24, 2.45) is 10.9 Å². The zero-order valence-corrected chi connectivity index (χ0v) is 17.6. The zero-order valence-electron chi connectivity index (χ0n) is 15.2. The van der Waals surface area contributed by atoms with E-state index in [4.69, 9.17) is 4.74 Å². The number of guanidine groups is 1. The standard InChI is InChI=1S/C17H33N5O.HI/c1-18-17(19-12-16-4-3-6-20(16)2)22-9-7-21(8-10-22)13-15-5-11-23-14-15;/h15-16H,3-14H2,1-2H3,(H,18,19);1H. The fraction of sp³-hybridized carbons (Fsp3) is 0.941. The molecule has 3 saturated heterocycles. The number of likely N-dealkylation sites (tertiary alicyclic amines) is 1. The van der Waals surface area contributed by atoms with Gasteiger partial charge in [0.15, 0.2) is 5.96 Å². The van der Waals surface area contributed by atoms with Crippen LogP contribution in [0, 0.1) is 5.92 Å². The summed E-state index contributed by atoms with van der Waals surface area (Å²) in [7, 11) is 4.14. The summed E-state index contributed by atoms with van der Waals surface area (Å²) in [6.45, 7) is 9.79. The highest BCUT2D eigenvalue weighted by Gasteiger charge is 2.25. The zero-order chi connectivity index (χ0) is 16.1. The Kier molecular flexibility index (Phi) is 8.53. The van der Waals surface area contributed by atoms with Crippen molar-refractivity contribution in [2.45, 2.75) is 25.3 Å². The van der Waals surface area contributed by atoms with Crippen LogP contribution in [0.4, 0.5) is 0 Å². The molecule has 0 aromatic rings. The molecule has 0 amide bonds. The summed E-state index contributed by atoms with van der Waals surface area (Å²) in [6.07, 6.45) is 3.86. The van der Waals surface area contributed by atoms with Gasteiger partial charge in [0, 0.05) is 59.0 Å². The van der Waals surface area contributed by atoms with Crippen molar-refractivity contribution >= 4 is 29.9 Å². The number of likely N-dealkylation sites (N-methyl/N-ethyl adjacent to an activating group) is 1. The Labute approximate surface area is 164 Å². The lowest BCUT2D eigenvalue weighted by Crippen LogP contribution is -2.54.